The van der Waals surface area contributed by atoms with Crippen molar-refractivity contribution in [3.63, 3.8) is 0 Å². The number of fused-ring (bicyclic) bond motifs is 3. The molecule has 1 aromatic carbocycles. The van der Waals surface area contributed by atoms with Crippen LogP contribution in [0.15, 0.2) is 18.2 Å². The first-order valence-electron chi connectivity index (χ1n) is 11.2. The molecule has 0 saturated carbocycles. The van der Waals surface area contributed by atoms with Crippen molar-refractivity contribution >= 4 is 17.5 Å². The van der Waals surface area contributed by atoms with Crippen LogP contribution < -0.4 is 10.1 Å². The molecule has 2 fully saturated rings. The number of hydrogen-bond donors (Lipinski definition) is 2. The summed E-state index contributed by atoms with van der Waals surface area (Å²) in [4.78, 5) is 28.7. The Morgan fingerprint density at radius 1 is 1.23 bits per heavy atom. The number of rotatable bonds is 6. The Morgan fingerprint density at radius 3 is 2.71 bits per heavy atom. The molecule has 4 atom stereocenters. The van der Waals surface area contributed by atoms with E-state index in [-0.39, 0.29) is 36.5 Å². The predicted octanol–water partition coefficient (Wildman–Crippen LogP) is 1.58. The zero-order valence-corrected chi connectivity index (χ0v) is 18.4. The number of nitrogens with one attached hydrogen (secondary N) is 1. The summed E-state index contributed by atoms with van der Waals surface area (Å²) in [6.45, 7) is 1.79. The largest absolute Gasteiger partial charge is 0.487 e. The van der Waals surface area contributed by atoms with Crippen LogP contribution in [0.4, 0.5) is 5.69 Å². The number of likely N-dealkylation sites (tertiary alicyclic amines) is 1. The number of benzene rings is 1. The molecule has 2 N–H and O–H groups in total. The van der Waals surface area contributed by atoms with E-state index in [0.29, 0.717) is 19.4 Å². The third-order valence-corrected chi connectivity index (χ3v) is 6.35. The first-order chi connectivity index (χ1) is 14.9. The van der Waals surface area contributed by atoms with Crippen LogP contribution >= 0.6 is 0 Å². The number of ether oxygens (including phenoxy) is 2. The summed E-state index contributed by atoms with van der Waals surface area (Å²) in [7, 11) is 3.70. The van der Waals surface area contributed by atoms with Crippen molar-refractivity contribution in [3.05, 3.63) is 23.8 Å². The molecule has 4 rings (SSSR count). The first-order valence-corrected chi connectivity index (χ1v) is 11.2. The lowest BCUT2D eigenvalue weighted by atomic mass is 9.84. The van der Waals surface area contributed by atoms with Gasteiger partial charge >= 0.3 is 0 Å². The molecular weight excluding hydrogens is 398 g/mol. The fourth-order valence-corrected chi connectivity index (χ4v) is 4.92. The normalized spacial score (nSPS) is 27.4. The van der Waals surface area contributed by atoms with Crippen LogP contribution in [-0.2, 0) is 14.3 Å². The topological polar surface area (TPSA) is 91.3 Å². The molecule has 3 aliphatic rings. The lowest BCUT2D eigenvalue weighted by Crippen LogP contribution is -2.48. The highest BCUT2D eigenvalue weighted by atomic mass is 16.6. The minimum Gasteiger partial charge on any atom is -0.487 e. The van der Waals surface area contributed by atoms with Crippen LogP contribution in [0.25, 0.3) is 0 Å². The van der Waals surface area contributed by atoms with Gasteiger partial charge in [-0.05, 0) is 58.0 Å². The van der Waals surface area contributed by atoms with E-state index in [9.17, 15) is 14.7 Å². The highest BCUT2D eigenvalue weighted by molar-refractivity contribution is 5.92. The lowest BCUT2D eigenvalue weighted by molar-refractivity contribution is -0.149. The molecule has 3 heterocycles. The maximum Gasteiger partial charge on any atom is 0.238 e. The molecule has 2 amide bonds. The number of anilines is 1. The Bertz CT molecular complexity index is 808. The number of amides is 2. The molecule has 8 heteroatoms. The van der Waals surface area contributed by atoms with Crippen molar-refractivity contribution in [1.29, 1.82) is 0 Å². The number of carbonyl (C=O) groups is 2. The minimum absolute atomic E-state index is 0.0192. The van der Waals surface area contributed by atoms with Crippen molar-refractivity contribution in [2.24, 2.45) is 0 Å². The summed E-state index contributed by atoms with van der Waals surface area (Å²) in [5.41, 5.74) is 1.73. The Balaban J connectivity index is 1.47. The SMILES string of the molecule is CN(C)CC(=O)Nc1ccc2c(c1)[C@@H]1C[C@H](CC(=O)N3CCCCC3)O[C@H](CO)[C@@H]1O2. The molecule has 170 valence electrons. The second-order valence-corrected chi connectivity index (χ2v) is 9.09. The lowest BCUT2D eigenvalue weighted by Gasteiger charge is -2.38. The molecule has 0 bridgehead atoms. The van der Waals surface area contributed by atoms with Crippen LogP contribution in [0.1, 0.15) is 43.6 Å². The van der Waals surface area contributed by atoms with Gasteiger partial charge < -0.3 is 29.7 Å². The summed E-state index contributed by atoms with van der Waals surface area (Å²) in [5, 5.41) is 12.8. The monoisotopic (exact) mass is 431 g/mol. The van der Waals surface area contributed by atoms with E-state index in [1.54, 1.807) is 0 Å². The van der Waals surface area contributed by atoms with Crippen molar-refractivity contribution in [2.75, 3.05) is 45.7 Å². The summed E-state index contributed by atoms with van der Waals surface area (Å²) in [5.74, 6) is 0.825. The van der Waals surface area contributed by atoms with Gasteiger partial charge in [0, 0.05) is 30.3 Å². The number of aliphatic hydroxyl groups excluding tert-OH is 1. The minimum atomic E-state index is -0.475. The molecule has 8 nitrogen and oxygen atoms in total. The second kappa shape index (κ2) is 9.54. The molecule has 31 heavy (non-hydrogen) atoms. The third-order valence-electron chi connectivity index (χ3n) is 6.35. The maximum absolute atomic E-state index is 12.8. The van der Waals surface area contributed by atoms with Gasteiger partial charge in [-0.25, -0.2) is 0 Å². The number of hydrogen-bond acceptors (Lipinski definition) is 6. The molecule has 1 aromatic rings. The number of nitrogens with zero attached hydrogens (tertiary/aromatic N) is 2. The van der Waals surface area contributed by atoms with Crippen LogP contribution in [0.2, 0.25) is 0 Å². The van der Waals surface area contributed by atoms with Crippen LogP contribution in [0.3, 0.4) is 0 Å². The molecule has 3 aliphatic heterocycles. The average Bonchev–Trinajstić information content (AvgIpc) is 3.11. The van der Waals surface area contributed by atoms with Gasteiger partial charge in [0.05, 0.1) is 25.7 Å². The molecule has 0 unspecified atom stereocenters. The Labute approximate surface area is 183 Å². The van der Waals surface area contributed by atoms with Gasteiger partial charge in [0.2, 0.25) is 11.8 Å². The van der Waals surface area contributed by atoms with E-state index in [2.05, 4.69) is 5.32 Å². The zero-order valence-electron chi connectivity index (χ0n) is 18.4. The summed E-state index contributed by atoms with van der Waals surface area (Å²) in [6, 6.07) is 5.65. The van der Waals surface area contributed by atoms with Gasteiger partial charge in [-0.15, -0.1) is 0 Å². The Hall–Kier alpha value is -2.16. The molecule has 0 aromatic heterocycles. The number of piperidine rings is 1. The zero-order chi connectivity index (χ0) is 22.0. The molecule has 0 aliphatic carbocycles. The van der Waals surface area contributed by atoms with Gasteiger partial charge in [-0.1, -0.05) is 0 Å². The number of carbonyl (C=O) groups excluding carboxylic acids is 2. The standard InChI is InChI=1S/C23H33N3O5/c1-25(2)13-21(28)24-15-6-7-19-17(10-15)18-11-16(30-20(14-27)23(18)31-19)12-22(29)26-8-4-3-5-9-26/h6-7,10,16,18,20,23,27H,3-5,8-9,11-14H2,1-2H3,(H,24,28)/t16-,18+,20-,23-/m1/s1. The first kappa shape index (κ1) is 22.0. The predicted molar refractivity (Wildman–Crippen MR) is 116 cm³/mol. The van der Waals surface area contributed by atoms with Crippen LogP contribution in [0.5, 0.6) is 5.75 Å². The van der Waals surface area contributed by atoms with Gasteiger partial charge in [0.25, 0.3) is 0 Å². The van der Waals surface area contributed by atoms with Crippen LogP contribution in [0, 0.1) is 0 Å². The fourth-order valence-electron chi connectivity index (χ4n) is 4.92. The fraction of sp³-hybridized carbons (Fsp3) is 0.652. The number of aliphatic hydroxyl groups is 1. The van der Waals surface area contributed by atoms with Gasteiger partial charge in [-0.2, -0.15) is 0 Å². The maximum atomic E-state index is 12.8. The van der Waals surface area contributed by atoms with E-state index in [4.69, 9.17) is 9.47 Å². The average molecular weight is 432 g/mol. The highest BCUT2D eigenvalue weighted by Crippen LogP contribution is 2.47. The van der Waals surface area contributed by atoms with Crippen molar-refractivity contribution < 1.29 is 24.2 Å². The van der Waals surface area contributed by atoms with Crippen molar-refractivity contribution in [1.82, 2.24) is 9.80 Å². The smallest absolute Gasteiger partial charge is 0.238 e. The van der Waals surface area contributed by atoms with Gasteiger partial charge in [0.15, 0.2) is 0 Å². The van der Waals surface area contributed by atoms with Gasteiger partial charge in [-0.3, -0.25) is 9.59 Å². The van der Waals surface area contributed by atoms with Crippen molar-refractivity contribution in [2.45, 2.75) is 56.3 Å². The van der Waals surface area contributed by atoms with Crippen LogP contribution in [-0.4, -0.2) is 85.4 Å². The van der Waals surface area contributed by atoms with E-state index in [0.717, 1.165) is 42.9 Å². The molecular formula is C23H33N3O5. The van der Waals surface area contributed by atoms with E-state index < -0.39 is 6.10 Å². The quantitative estimate of drug-likeness (QED) is 0.711. The Kier molecular flexibility index (Phi) is 6.79. The molecule has 2 saturated heterocycles. The summed E-state index contributed by atoms with van der Waals surface area (Å²) >= 11 is 0. The van der Waals surface area contributed by atoms with E-state index in [1.807, 2.05) is 42.1 Å². The third kappa shape index (κ3) is 5.02. The van der Waals surface area contributed by atoms with Gasteiger partial charge in [0.1, 0.15) is 18.0 Å². The molecule has 0 radical (unpaired) electrons. The summed E-state index contributed by atoms with van der Waals surface area (Å²) in [6.07, 6.45) is 3.27. The van der Waals surface area contributed by atoms with E-state index >= 15 is 0 Å². The highest BCUT2D eigenvalue weighted by Gasteiger charge is 2.46. The Morgan fingerprint density at radius 2 is 2.00 bits per heavy atom. The molecule has 0 spiro atoms. The van der Waals surface area contributed by atoms with E-state index in [1.165, 1.54) is 6.42 Å². The van der Waals surface area contributed by atoms with Crippen molar-refractivity contribution in [3.8, 4) is 5.75 Å². The second-order valence-electron chi connectivity index (χ2n) is 9.09. The summed E-state index contributed by atoms with van der Waals surface area (Å²) < 4.78 is 12.2. The number of likely N-dealkylation sites (N-methyl/N-ethyl adjacent to an activating group) is 1.